The minimum absolute atomic E-state index is 0.439. The van der Waals surface area contributed by atoms with Crippen LogP contribution in [0.15, 0.2) is 0 Å². The summed E-state index contributed by atoms with van der Waals surface area (Å²) in [4.78, 5) is 8.06. The zero-order valence-electron chi connectivity index (χ0n) is 10.4. The molecular weight excluding hydrogens is 268 g/mol. The van der Waals surface area contributed by atoms with Crippen LogP contribution in [0.2, 0.25) is 0 Å². The Morgan fingerprint density at radius 2 is 2.18 bits per heavy atom. The van der Waals surface area contributed by atoms with Gasteiger partial charge in [0.15, 0.2) is 0 Å². The van der Waals surface area contributed by atoms with Gasteiger partial charge in [-0.2, -0.15) is 11.8 Å². The highest BCUT2D eigenvalue weighted by molar-refractivity contribution is 8.06. The number of aromatic amines is 1. The van der Waals surface area contributed by atoms with Gasteiger partial charge < -0.3 is 4.98 Å². The number of hydrogen-bond acceptors (Lipinski definition) is 4. The lowest BCUT2D eigenvalue weighted by Crippen LogP contribution is -2.12. The predicted octanol–water partition coefficient (Wildman–Crippen LogP) is 4.09. The largest absolute Gasteiger partial charge is 0.346 e. The molecule has 1 fully saturated rings. The van der Waals surface area contributed by atoms with Crippen molar-refractivity contribution in [1.29, 1.82) is 0 Å². The number of hydrogen-bond donors (Lipinski definition) is 1. The second-order valence-electron chi connectivity index (χ2n) is 4.55. The van der Waals surface area contributed by atoms with Crippen LogP contribution in [-0.4, -0.2) is 27.2 Å². The molecule has 1 aliphatic heterocycles. The smallest absolute Gasteiger partial charge is 0.133 e. The van der Waals surface area contributed by atoms with E-state index in [0.717, 1.165) is 16.2 Å². The van der Waals surface area contributed by atoms with Crippen molar-refractivity contribution in [2.45, 2.75) is 31.9 Å². The van der Waals surface area contributed by atoms with Crippen molar-refractivity contribution in [1.82, 2.24) is 9.97 Å². The number of thioether (sulfide) groups is 2. The van der Waals surface area contributed by atoms with Gasteiger partial charge in [0.25, 0.3) is 0 Å². The van der Waals surface area contributed by atoms with Crippen molar-refractivity contribution in [3.05, 3.63) is 21.7 Å². The molecule has 1 atom stereocenters. The van der Waals surface area contributed by atoms with Gasteiger partial charge in [-0.15, -0.1) is 11.8 Å². The minimum atomic E-state index is 0.439. The topological polar surface area (TPSA) is 28.7 Å². The summed E-state index contributed by atoms with van der Waals surface area (Å²) < 4.78 is 0.780. The van der Waals surface area contributed by atoms with E-state index in [1.54, 1.807) is 0 Å². The first-order chi connectivity index (χ1) is 8.09. The van der Waals surface area contributed by atoms with Gasteiger partial charge in [-0.1, -0.05) is 26.1 Å². The first kappa shape index (κ1) is 13.4. The van der Waals surface area contributed by atoms with E-state index in [0.29, 0.717) is 11.2 Å². The first-order valence-electron chi connectivity index (χ1n) is 5.89. The molecule has 1 saturated heterocycles. The van der Waals surface area contributed by atoms with Gasteiger partial charge in [0.05, 0.1) is 5.25 Å². The summed E-state index contributed by atoms with van der Waals surface area (Å²) in [5.74, 6) is 5.11. The summed E-state index contributed by atoms with van der Waals surface area (Å²) in [6.45, 7) is 6.44. The summed E-state index contributed by atoms with van der Waals surface area (Å²) in [5, 5.41) is 0.482. The van der Waals surface area contributed by atoms with Crippen LogP contribution in [0.1, 0.15) is 42.1 Å². The molecule has 17 heavy (non-hydrogen) atoms. The highest BCUT2D eigenvalue weighted by atomic mass is 32.2. The lowest BCUT2D eigenvalue weighted by atomic mass is 10.0. The van der Waals surface area contributed by atoms with Crippen molar-refractivity contribution in [3.63, 3.8) is 0 Å². The Balaban J connectivity index is 2.34. The predicted molar refractivity (Wildman–Crippen MR) is 80.8 cm³/mol. The SMILES string of the molecule is Cc1[nH]c(C2CSCCS2)nc(=S)c1C(C)C. The van der Waals surface area contributed by atoms with Gasteiger partial charge in [0, 0.05) is 28.5 Å². The number of rotatable bonds is 2. The molecule has 2 heterocycles. The normalized spacial score (nSPS) is 20.8. The first-order valence-corrected chi connectivity index (χ1v) is 8.51. The quantitative estimate of drug-likeness (QED) is 0.829. The van der Waals surface area contributed by atoms with E-state index in [4.69, 9.17) is 12.2 Å². The van der Waals surface area contributed by atoms with Crippen molar-refractivity contribution >= 4 is 35.7 Å². The van der Waals surface area contributed by atoms with Crippen LogP contribution in [-0.2, 0) is 0 Å². The van der Waals surface area contributed by atoms with E-state index in [1.807, 2.05) is 23.5 Å². The summed E-state index contributed by atoms with van der Waals surface area (Å²) in [6, 6.07) is 0. The van der Waals surface area contributed by atoms with Crippen LogP contribution in [0.25, 0.3) is 0 Å². The van der Waals surface area contributed by atoms with E-state index in [2.05, 4.69) is 30.7 Å². The standard InChI is InChI=1S/C12H18N2S3/c1-7(2)10-8(3)13-11(14-12(10)15)9-6-16-4-5-17-9/h7,9H,4-6H2,1-3H3,(H,13,14,15). The highest BCUT2D eigenvalue weighted by Crippen LogP contribution is 2.35. The number of H-pyrrole nitrogens is 1. The van der Waals surface area contributed by atoms with Gasteiger partial charge in [-0.05, 0) is 12.8 Å². The Labute approximate surface area is 116 Å². The molecule has 5 heteroatoms. The molecule has 94 valence electrons. The second-order valence-corrected chi connectivity index (χ2v) is 7.40. The Bertz CT molecular complexity index is 448. The third-order valence-corrected chi connectivity index (χ3v) is 5.94. The van der Waals surface area contributed by atoms with E-state index >= 15 is 0 Å². The number of aryl methyl sites for hydroxylation is 1. The van der Waals surface area contributed by atoms with Crippen molar-refractivity contribution < 1.29 is 0 Å². The molecule has 1 N–H and O–H groups in total. The summed E-state index contributed by atoms with van der Waals surface area (Å²) >= 11 is 9.42. The summed E-state index contributed by atoms with van der Waals surface area (Å²) in [7, 11) is 0. The summed E-state index contributed by atoms with van der Waals surface area (Å²) in [6.07, 6.45) is 0. The monoisotopic (exact) mass is 286 g/mol. The fourth-order valence-corrected chi connectivity index (χ4v) is 5.21. The van der Waals surface area contributed by atoms with Crippen LogP contribution < -0.4 is 0 Å². The average Bonchev–Trinajstić information content (AvgIpc) is 2.28. The maximum absolute atomic E-state index is 5.43. The lowest BCUT2D eigenvalue weighted by Gasteiger charge is -2.21. The summed E-state index contributed by atoms with van der Waals surface area (Å²) in [5.41, 5.74) is 2.38. The molecule has 1 unspecified atom stereocenters. The number of nitrogens with one attached hydrogen (secondary N) is 1. The molecule has 1 aliphatic rings. The zero-order chi connectivity index (χ0) is 12.4. The average molecular weight is 286 g/mol. The third kappa shape index (κ3) is 3.06. The van der Waals surface area contributed by atoms with E-state index in [-0.39, 0.29) is 0 Å². The molecule has 0 radical (unpaired) electrons. The van der Waals surface area contributed by atoms with Gasteiger partial charge >= 0.3 is 0 Å². The second kappa shape index (κ2) is 5.76. The Morgan fingerprint density at radius 3 is 2.71 bits per heavy atom. The molecule has 0 bridgehead atoms. The highest BCUT2D eigenvalue weighted by Gasteiger charge is 2.20. The van der Waals surface area contributed by atoms with Crippen LogP contribution in [0.4, 0.5) is 0 Å². The molecule has 2 rings (SSSR count). The van der Waals surface area contributed by atoms with Gasteiger partial charge in [0.2, 0.25) is 0 Å². The molecule has 2 nitrogen and oxygen atoms in total. The fraction of sp³-hybridized carbons (Fsp3) is 0.667. The Hall–Kier alpha value is -0.0000000000000000833. The van der Waals surface area contributed by atoms with E-state index in [9.17, 15) is 0 Å². The Kier molecular flexibility index (Phi) is 4.55. The van der Waals surface area contributed by atoms with Crippen LogP contribution >= 0.6 is 35.7 Å². The van der Waals surface area contributed by atoms with Crippen molar-refractivity contribution in [2.75, 3.05) is 17.3 Å². The molecular formula is C12H18N2S3. The molecule has 0 amide bonds. The maximum Gasteiger partial charge on any atom is 0.133 e. The lowest BCUT2D eigenvalue weighted by molar-refractivity contribution is 0.795. The van der Waals surface area contributed by atoms with Gasteiger partial charge in [-0.25, -0.2) is 4.98 Å². The molecule has 1 aromatic heterocycles. The van der Waals surface area contributed by atoms with Crippen molar-refractivity contribution in [3.8, 4) is 0 Å². The minimum Gasteiger partial charge on any atom is -0.346 e. The molecule has 0 saturated carbocycles. The van der Waals surface area contributed by atoms with Crippen LogP contribution in [0, 0.1) is 11.6 Å². The fourth-order valence-electron chi connectivity index (χ4n) is 2.10. The maximum atomic E-state index is 5.43. The number of nitrogens with zero attached hydrogens (tertiary/aromatic N) is 1. The molecule has 1 aromatic rings. The van der Waals surface area contributed by atoms with Gasteiger partial charge in [-0.3, -0.25) is 0 Å². The molecule has 0 spiro atoms. The van der Waals surface area contributed by atoms with Crippen molar-refractivity contribution in [2.24, 2.45) is 0 Å². The molecule has 0 aliphatic carbocycles. The van der Waals surface area contributed by atoms with E-state index in [1.165, 1.54) is 22.8 Å². The third-order valence-electron chi connectivity index (χ3n) is 2.87. The van der Waals surface area contributed by atoms with E-state index < -0.39 is 0 Å². The Morgan fingerprint density at radius 1 is 1.41 bits per heavy atom. The zero-order valence-corrected chi connectivity index (χ0v) is 12.9. The van der Waals surface area contributed by atoms with Gasteiger partial charge in [0.1, 0.15) is 10.5 Å². The number of aromatic nitrogens is 2. The molecule has 0 aromatic carbocycles. The van der Waals surface area contributed by atoms with Crippen LogP contribution in [0.5, 0.6) is 0 Å². The van der Waals surface area contributed by atoms with Crippen LogP contribution in [0.3, 0.4) is 0 Å².